The second-order valence-electron chi connectivity index (χ2n) is 3.63. The molecule has 0 aromatic carbocycles. The van der Waals surface area contributed by atoms with Gasteiger partial charge in [0.25, 0.3) is 0 Å². The summed E-state index contributed by atoms with van der Waals surface area (Å²) in [7, 11) is -1.43. The monoisotopic (exact) mass is 174 g/mol. The largest absolute Gasteiger partial charge is 0.365 e. The van der Waals surface area contributed by atoms with Crippen molar-refractivity contribution in [1.82, 2.24) is 10.3 Å². The molecule has 0 radical (unpaired) electrons. The van der Waals surface area contributed by atoms with Gasteiger partial charge >= 0.3 is 6.03 Å². The lowest BCUT2D eigenvalue weighted by molar-refractivity contribution is 0.245. The summed E-state index contributed by atoms with van der Waals surface area (Å²) in [5.41, 5.74) is 0. The third-order valence-electron chi connectivity index (χ3n) is 1.02. The average molecular weight is 174 g/mol. The van der Waals surface area contributed by atoms with E-state index < -0.39 is 8.24 Å². The van der Waals surface area contributed by atoms with Crippen molar-refractivity contribution >= 4 is 14.3 Å². The first-order valence-electron chi connectivity index (χ1n) is 4.01. The standard InChI is InChI=1S/C7H18N2OSi/c1-5-6-8-7(10)9-11(2,3)4/h5-6H2,1-4H3,(H2,8,9,10). The SMILES string of the molecule is CCCNC(=O)N[Si](C)(C)C. The Balaban J connectivity index is 3.53. The molecule has 3 nitrogen and oxygen atoms in total. The van der Waals surface area contributed by atoms with E-state index in [4.69, 9.17) is 0 Å². The van der Waals surface area contributed by atoms with Gasteiger partial charge in [0.15, 0.2) is 0 Å². The number of nitrogens with one attached hydrogen (secondary N) is 2. The maximum absolute atomic E-state index is 11.0. The van der Waals surface area contributed by atoms with Crippen LogP contribution in [-0.4, -0.2) is 20.8 Å². The number of urea groups is 1. The molecule has 0 aliphatic carbocycles. The Kier molecular flexibility index (Phi) is 4.18. The lowest BCUT2D eigenvalue weighted by Gasteiger charge is -2.17. The van der Waals surface area contributed by atoms with Gasteiger partial charge in [0.1, 0.15) is 8.24 Å². The van der Waals surface area contributed by atoms with Crippen LogP contribution in [0.5, 0.6) is 0 Å². The molecule has 66 valence electrons. The van der Waals surface area contributed by atoms with E-state index in [1.54, 1.807) is 0 Å². The zero-order valence-electron chi connectivity index (χ0n) is 7.82. The van der Waals surface area contributed by atoms with Crippen LogP contribution < -0.4 is 10.3 Å². The van der Waals surface area contributed by atoms with Gasteiger partial charge in [0.2, 0.25) is 0 Å². The van der Waals surface area contributed by atoms with E-state index in [1.165, 1.54) is 0 Å². The van der Waals surface area contributed by atoms with Gasteiger partial charge in [-0.25, -0.2) is 4.79 Å². The highest BCUT2D eigenvalue weighted by Gasteiger charge is 2.15. The van der Waals surface area contributed by atoms with Gasteiger partial charge in [-0.1, -0.05) is 26.6 Å². The summed E-state index contributed by atoms with van der Waals surface area (Å²) in [6.07, 6.45) is 0.985. The Bertz CT molecular complexity index is 131. The van der Waals surface area contributed by atoms with Crippen molar-refractivity contribution in [1.29, 1.82) is 0 Å². The van der Waals surface area contributed by atoms with E-state index in [-0.39, 0.29) is 6.03 Å². The minimum Gasteiger partial charge on any atom is -0.365 e. The molecule has 0 aliphatic heterocycles. The van der Waals surface area contributed by atoms with Crippen molar-refractivity contribution in [2.24, 2.45) is 0 Å². The van der Waals surface area contributed by atoms with Crippen molar-refractivity contribution in [3.8, 4) is 0 Å². The number of amides is 2. The van der Waals surface area contributed by atoms with E-state index in [2.05, 4.69) is 29.9 Å². The Morgan fingerprint density at radius 1 is 1.36 bits per heavy atom. The zero-order chi connectivity index (χ0) is 8.91. The summed E-state index contributed by atoms with van der Waals surface area (Å²) >= 11 is 0. The molecule has 11 heavy (non-hydrogen) atoms. The maximum atomic E-state index is 11.0. The minimum absolute atomic E-state index is 0.0222. The highest BCUT2D eigenvalue weighted by Crippen LogP contribution is 1.92. The summed E-state index contributed by atoms with van der Waals surface area (Å²) in [6, 6.07) is -0.0222. The second kappa shape index (κ2) is 4.38. The molecular formula is C7H18N2OSi. The van der Waals surface area contributed by atoms with Crippen LogP contribution in [0.4, 0.5) is 4.79 Å². The highest BCUT2D eigenvalue weighted by molar-refractivity contribution is 6.75. The van der Waals surface area contributed by atoms with Crippen LogP contribution in [0.3, 0.4) is 0 Å². The maximum Gasteiger partial charge on any atom is 0.306 e. The molecule has 0 aromatic rings. The summed E-state index contributed by atoms with van der Waals surface area (Å²) in [5.74, 6) is 0. The first kappa shape index (κ1) is 10.5. The first-order chi connectivity index (χ1) is 4.95. The molecule has 0 saturated heterocycles. The van der Waals surface area contributed by atoms with Crippen LogP contribution in [0, 0.1) is 0 Å². The fourth-order valence-corrected chi connectivity index (χ4v) is 1.39. The predicted octanol–water partition coefficient (Wildman–Crippen LogP) is 1.53. The topological polar surface area (TPSA) is 41.1 Å². The van der Waals surface area contributed by atoms with Crippen molar-refractivity contribution in [2.75, 3.05) is 6.54 Å². The van der Waals surface area contributed by atoms with E-state index in [1.807, 2.05) is 6.92 Å². The van der Waals surface area contributed by atoms with Crippen LogP contribution in [0.15, 0.2) is 0 Å². The number of hydrogen-bond acceptors (Lipinski definition) is 1. The molecule has 0 atom stereocenters. The molecule has 0 saturated carbocycles. The molecule has 0 bridgehead atoms. The van der Waals surface area contributed by atoms with Crippen LogP contribution in [0.2, 0.25) is 19.6 Å². The van der Waals surface area contributed by atoms with Crippen molar-refractivity contribution < 1.29 is 4.79 Å². The molecule has 0 spiro atoms. The van der Waals surface area contributed by atoms with E-state index in [9.17, 15) is 4.79 Å². The number of carbonyl (C=O) groups is 1. The van der Waals surface area contributed by atoms with Gasteiger partial charge in [-0.3, -0.25) is 0 Å². The molecule has 0 unspecified atom stereocenters. The molecule has 4 heteroatoms. The second-order valence-corrected chi connectivity index (χ2v) is 8.38. The van der Waals surface area contributed by atoms with Crippen LogP contribution in [0.25, 0.3) is 0 Å². The Morgan fingerprint density at radius 3 is 2.27 bits per heavy atom. The van der Waals surface area contributed by atoms with Gasteiger partial charge < -0.3 is 10.3 Å². The lowest BCUT2D eigenvalue weighted by Crippen LogP contribution is -2.50. The number of carbonyl (C=O) groups excluding carboxylic acids is 1. The van der Waals surface area contributed by atoms with E-state index >= 15 is 0 Å². The summed E-state index contributed by atoms with van der Waals surface area (Å²) in [6.45, 7) is 9.08. The summed E-state index contributed by atoms with van der Waals surface area (Å²) < 4.78 is 0. The third-order valence-corrected chi connectivity index (χ3v) is 2.00. The molecular weight excluding hydrogens is 156 g/mol. The van der Waals surface area contributed by atoms with E-state index in [0.717, 1.165) is 13.0 Å². The fourth-order valence-electron chi connectivity index (χ4n) is 0.623. The molecule has 0 aliphatic rings. The van der Waals surface area contributed by atoms with Crippen molar-refractivity contribution in [2.45, 2.75) is 33.0 Å². The van der Waals surface area contributed by atoms with Gasteiger partial charge in [-0.05, 0) is 6.42 Å². The van der Waals surface area contributed by atoms with Gasteiger partial charge in [0, 0.05) is 6.54 Å². The highest BCUT2D eigenvalue weighted by atomic mass is 28.3. The quantitative estimate of drug-likeness (QED) is 0.626. The van der Waals surface area contributed by atoms with Crippen LogP contribution in [0.1, 0.15) is 13.3 Å². The Hall–Kier alpha value is -0.513. The normalized spacial score (nSPS) is 10.9. The van der Waals surface area contributed by atoms with Crippen molar-refractivity contribution in [3.63, 3.8) is 0 Å². The summed E-state index contributed by atoms with van der Waals surface area (Å²) in [5, 5.41) is 2.77. The molecule has 2 N–H and O–H groups in total. The van der Waals surface area contributed by atoms with Gasteiger partial charge in [-0.15, -0.1) is 0 Å². The lowest BCUT2D eigenvalue weighted by atomic mass is 10.5. The fraction of sp³-hybridized carbons (Fsp3) is 0.857. The molecule has 0 heterocycles. The van der Waals surface area contributed by atoms with Crippen LogP contribution in [-0.2, 0) is 0 Å². The zero-order valence-corrected chi connectivity index (χ0v) is 8.82. The predicted molar refractivity (Wildman–Crippen MR) is 50.2 cm³/mol. The molecule has 2 amide bonds. The smallest absolute Gasteiger partial charge is 0.306 e. The number of rotatable bonds is 3. The Labute approximate surface area is 69.7 Å². The Morgan fingerprint density at radius 2 is 1.91 bits per heavy atom. The molecule has 0 fully saturated rings. The van der Waals surface area contributed by atoms with Crippen LogP contribution >= 0.6 is 0 Å². The minimum atomic E-state index is -1.43. The number of hydrogen-bond donors (Lipinski definition) is 2. The molecule has 0 rings (SSSR count). The van der Waals surface area contributed by atoms with Crippen molar-refractivity contribution in [3.05, 3.63) is 0 Å². The average Bonchev–Trinajstić information content (AvgIpc) is 1.79. The molecule has 0 aromatic heterocycles. The third kappa shape index (κ3) is 7.38. The van der Waals surface area contributed by atoms with E-state index in [0.29, 0.717) is 0 Å². The van der Waals surface area contributed by atoms with Gasteiger partial charge in [0.05, 0.1) is 0 Å². The first-order valence-corrected chi connectivity index (χ1v) is 7.51. The summed E-state index contributed by atoms with van der Waals surface area (Å²) in [4.78, 5) is 14.0. The van der Waals surface area contributed by atoms with Gasteiger partial charge in [-0.2, -0.15) is 0 Å².